The predicted molar refractivity (Wildman–Crippen MR) is 73.5 cm³/mol. The molecular weight excluding hydrogens is 228 g/mol. The van der Waals surface area contributed by atoms with E-state index in [0.29, 0.717) is 18.6 Å². The quantitative estimate of drug-likeness (QED) is 0.785. The zero-order chi connectivity index (χ0) is 13.5. The van der Waals surface area contributed by atoms with E-state index in [0.717, 1.165) is 32.4 Å². The lowest BCUT2D eigenvalue weighted by Gasteiger charge is -2.33. The molecule has 0 saturated carbocycles. The number of hydrogen-bond acceptors (Lipinski definition) is 3. The van der Waals surface area contributed by atoms with Crippen LogP contribution >= 0.6 is 0 Å². The molecule has 1 aliphatic rings. The summed E-state index contributed by atoms with van der Waals surface area (Å²) in [6.07, 6.45) is 2.78. The summed E-state index contributed by atoms with van der Waals surface area (Å²) < 4.78 is 5.62. The van der Waals surface area contributed by atoms with Gasteiger partial charge in [0.25, 0.3) is 5.91 Å². The number of hydrogen-bond donors (Lipinski definition) is 1. The molecule has 1 saturated heterocycles. The van der Waals surface area contributed by atoms with E-state index in [9.17, 15) is 4.79 Å². The Hall–Kier alpha value is -0.610. The van der Waals surface area contributed by atoms with E-state index in [1.165, 1.54) is 0 Å². The van der Waals surface area contributed by atoms with E-state index >= 15 is 0 Å². The first-order chi connectivity index (χ1) is 8.52. The van der Waals surface area contributed by atoms with Crippen LogP contribution in [0.4, 0.5) is 0 Å². The smallest absolute Gasteiger partial charge is 0.251 e. The Morgan fingerprint density at radius 3 is 2.50 bits per heavy atom. The molecule has 0 spiro atoms. The second-order valence-electron chi connectivity index (χ2n) is 5.63. The molecule has 0 aliphatic carbocycles. The normalized spacial score (nSPS) is 18.9. The van der Waals surface area contributed by atoms with Crippen molar-refractivity contribution in [1.82, 2.24) is 10.2 Å². The predicted octanol–water partition coefficient (Wildman–Crippen LogP) is 1.65. The number of nitrogens with one attached hydrogen (secondary N) is 1. The van der Waals surface area contributed by atoms with Crippen LogP contribution in [0.5, 0.6) is 0 Å². The minimum atomic E-state index is -0.316. The Kier molecular flexibility index (Phi) is 6.65. The number of rotatable bonds is 6. The molecule has 1 rings (SSSR count). The molecule has 1 amide bonds. The number of amides is 1. The fourth-order valence-corrected chi connectivity index (χ4v) is 2.21. The van der Waals surface area contributed by atoms with Crippen molar-refractivity contribution in [2.24, 2.45) is 5.92 Å². The van der Waals surface area contributed by atoms with Gasteiger partial charge in [-0.25, -0.2) is 0 Å². The van der Waals surface area contributed by atoms with Crippen LogP contribution in [0.25, 0.3) is 0 Å². The van der Waals surface area contributed by atoms with E-state index in [1.54, 1.807) is 0 Å². The van der Waals surface area contributed by atoms with Crippen molar-refractivity contribution in [3.05, 3.63) is 0 Å². The first-order valence-corrected chi connectivity index (χ1v) is 7.11. The van der Waals surface area contributed by atoms with Crippen LogP contribution < -0.4 is 5.32 Å². The lowest BCUT2D eigenvalue weighted by atomic mass is 10.0. The standard InChI is InChI=1S/C14H28N2O2/c1-11(2)7-10-18-12(3)14(17)16(4)13-5-8-15-9-6-13/h11-13,15H,5-10H2,1-4H3. The fourth-order valence-electron chi connectivity index (χ4n) is 2.21. The Morgan fingerprint density at radius 2 is 1.94 bits per heavy atom. The minimum Gasteiger partial charge on any atom is -0.369 e. The van der Waals surface area contributed by atoms with Crippen LogP contribution in [0.1, 0.15) is 40.0 Å². The summed E-state index contributed by atoms with van der Waals surface area (Å²) in [5, 5.41) is 3.32. The molecule has 0 aromatic rings. The van der Waals surface area contributed by atoms with Crippen LogP contribution in [0.2, 0.25) is 0 Å². The number of piperidine rings is 1. The van der Waals surface area contributed by atoms with Crippen LogP contribution in [0, 0.1) is 5.92 Å². The van der Waals surface area contributed by atoms with Gasteiger partial charge in [-0.3, -0.25) is 4.79 Å². The number of nitrogens with zero attached hydrogens (tertiary/aromatic N) is 1. The first kappa shape index (κ1) is 15.4. The molecule has 4 heteroatoms. The lowest BCUT2D eigenvalue weighted by Crippen LogP contribution is -2.47. The molecule has 1 heterocycles. The lowest BCUT2D eigenvalue weighted by molar-refractivity contribution is -0.144. The molecule has 1 N–H and O–H groups in total. The van der Waals surface area contributed by atoms with Crippen LogP contribution in [0.15, 0.2) is 0 Å². The van der Waals surface area contributed by atoms with Crippen molar-refractivity contribution < 1.29 is 9.53 Å². The van der Waals surface area contributed by atoms with Gasteiger partial charge in [-0.05, 0) is 45.2 Å². The molecule has 0 bridgehead atoms. The summed E-state index contributed by atoms with van der Waals surface area (Å²) in [6, 6.07) is 0.370. The second-order valence-corrected chi connectivity index (χ2v) is 5.63. The highest BCUT2D eigenvalue weighted by molar-refractivity contribution is 5.80. The van der Waals surface area contributed by atoms with Gasteiger partial charge in [-0.2, -0.15) is 0 Å². The van der Waals surface area contributed by atoms with E-state index in [4.69, 9.17) is 4.74 Å². The highest BCUT2D eigenvalue weighted by Crippen LogP contribution is 2.12. The maximum atomic E-state index is 12.2. The van der Waals surface area contributed by atoms with Crippen LogP contribution in [0.3, 0.4) is 0 Å². The summed E-state index contributed by atoms with van der Waals surface area (Å²) >= 11 is 0. The summed E-state index contributed by atoms with van der Waals surface area (Å²) in [5.74, 6) is 0.736. The average molecular weight is 256 g/mol. The summed E-state index contributed by atoms with van der Waals surface area (Å²) in [4.78, 5) is 14.1. The van der Waals surface area contributed by atoms with Crippen molar-refractivity contribution in [3.8, 4) is 0 Å². The van der Waals surface area contributed by atoms with Crippen molar-refractivity contribution in [2.45, 2.75) is 52.2 Å². The van der Waals surface area contributed by atoms with Gasteiger partial charge >= 0.3 is 0 Å². The molecule has 18 heavy (non-hydrogen) atoms. The number of carbonyl (C=O) groups excluding carboxylic acids is 1. The Labute approximate surface area is 111 Å². The maximum Gasteiger partial charge on any atom is 0.251 e. The van der Waals surface area contributed by atoms with Crippen molar-refractivity contribution in [3.63, 3.8) is 0 Å². The Bertz CT molecular complexity index is 250. The number of likely N-dealkylation sites (N-methyl/N-ethyl adjacent to an activating group) is 1. The molecule has 0 radical (unpaired) electrons. The van der Waals surface area contributed by atoms with Gasteiger partial charge in [0.05, 0.1) is 0 Å². The van der Waals surface area contributed by atoms with Gasteiger partial charge in [0.1, 0.15) is 6.10 Å². The third-order valence-electron chi connectivity index (χ3n) is 3.61. The highest BCUT2D eigenvalue weighted by atomic mass is 16.5. The van der Waals surface area contributed by atoms with E-state index in [2.05, 4.69) is 19.2 Å². The van der Waals surface area contributed by atoms with Crippen molar-refractivity contribution in [2.75, 3.05) is 26.7 Å². The maximum absolute atomic E-state index is 12.2. The Morgan fingerprint density at radius 1 is 1.33 bits per heavy atom. The van der Waals surface area contributed by atoms with E-state index in [-0.39, 0.29) is 12.0 Å². The largest absolute Gasteiger partial charge is 0.369 e. The molecule has 1 atom stereocenters. The van der Waals surface area contributed by atoms with Gasteiger partial charge in [-0.15, -0.1) is 0 Å². The van der Waals surface area contributed by atoms with Crippen molar-refractivity contribution >= 4 is 5.91 Å². The molecule has 4 nitrogen and oxygen atoms in total. The van der Waals surface area contributed by atoms with Crippen molar-refractivity contribution in [1.29, 1.82) is 0 Å². The van der Waals surface area contributed by atoms with Gasteiger partial charge < -0.3 is 15.0 Å². The van der Waals surface area contributed by atoms with Crippen LogP contribution in [-0.4, -0.2) is 49.7 Å². The molecular formula is C14H28N2O2. The molecule has 1 unspecified atom stereocenters. The van der Waals surface area contributed by atoms with Gasteiger partial charge in [0.15, 0.2) is 0 Å². The minimum absolute atomic E-state index is 0.116. The zero-order valence-electron chi connectivity index (χ0n) is 12.2. The zero-order valence-corrected chi connectivity index (χ0v) is 12.2. The fraction of sp³-hybridized carbons (Fsp3) is 0.929. The summed E-state index contributed by atoms with van der Waals surface area (Å²) in [5.41, 5.74) is 0. The molecule has 1 fully saturated rings. The van der Waals surface area contributed by atoms with Crippen LogP contribution in [-0.2, 0) is 9.53 Å². The third kappa shape index (κ3) is 4.94. The molecule has 0 aromatic heterocycles. The highest BCUT2D eigenvalue weighted by Gasteiger charge is 2.25. The van der Waals surface area contributed by atoms with E-state index < -0.39 is 0 Å². The molecule has 1 aliphatic heterocycles. The van der Waals surface area contributed by atoms with Gasteiger partial charge in [0.2, 0.25) is 0 Å². The van der Waals surface area contributed by atoms with E-state index in [1.807, 2.05) is 18.9 Å². The van der Waals surface area contributed by atoms with Gasteiger partial charge in [0, 0.05) is 19.7 Å². The number of carbonyl (C=O) groups is 1. The number of ether oxygens (including phenoxy) is 1. The Balaban J connectivity index is 2.32. The molecule has 106 valence electrons. The SMILES string of the molecule is CC(C)CCOC(C)C(=O)N(C)C1CCNCC1. The third-order valence-corrected chi connectivity index (χ3v) is 3.61. The first-order valence-electron chi connectivity index (χ1n) is 7.11. The van der Waals surface area contributed by atoms with Gasteiger partial charge in [-0.1, -0.05) is 13.8 Å². The monoisotopic (exact) mass is 256 g/mol. The summed E-state index contributed by atoms with van der Waals surface area (Å²) in [6.45, 7) is 8.87. The second kappa shape index (κ2) is 7.74. The average Bonchev–Trinajstić information content (AvgIpc) is 2.37. The molecule has 0 aromatic carbocycles. The summed E-state index contributed by atoms with van der Waals surface area (Å²) in [7, 11) is 1.90. The topological polar surface area (TPSA) is 41.6 Å².